The Labute approximate surface area is 148 Å². The molecule has 0 heterocycles. The molecular formula is C16H26N4O4S. The minimum Gasteiger partial charge on any atom is -0.343 e. The van der Waals surface area contributed by atoms with Gasteiger partial charge in [0.25, 0.3) is 0 Å². The molecule has 0 aliphatic rings. The highest BCUT2D eigenvalue weighted by atomic mass is 32.2. The van der Waals surface area contributed by atoms with Crippen molar-refractivity contribution in [3.63, 3.8) is 0 Å². The summed E-state index contributed by atoms with van der Waals surface area (Å²) in [7, 11) is -3.80. The molecule has 1 aromatic carbocycles. The molecule has 0 unspecified atom stereocenters. The van der Waals surface area contributed by atoms with Gasteiger partial charge in [-0.2, -0.15) is 0 Å². The number of amides is 2. The molecular weight excluding hydrogens is 344 g/mol. The van der Waals surface area contributed by atoms with Gasteiger partial charge in [0.1, 0.15) is 6.04 Å². The maximum absolute atomic E-state index is 12.5. The summed E-state index contributed by atoms with van der Waals surface area (Å²) in [6.07, 6.45) is 0. The van der Waals surface area contributed by atoms with Crippen LogP contribution in [0.25, 0.3) is 0 Å². The number of hydrogen-bond acceptors (Lipinski definition) is 5. The highest BCUT2D eigenvalue weighted by molar-refractivity contribution is 7.89. The average molecular weight is 370 g/mol. The maximum atomic E-state index is 12.5. The Bertz CT molecular complexity index is 714. The fourth-order valence-electron chi connectivity index (χ4n) is 2.04. The molecule has 0 spiro atoms. The van der Waals surface area contributed by atoms with Crippen molar-refractivity contribution in [1.82, 2.24) is 5.32 Å². The van der Waals surface area contributed by atoms with Crippen molar-refractivity contribution in [2.24, 2.45) is 22.7 Å². The molecule has 9 heteroatoms. The van der Waals surface area contributed by atoms with Gasteiger partial charge in [-0.25, -0.2) is 13.6 Å². The minimum atomic E-state index is -3.80. The van der Waals surface area contributed by atoms with Crippen molar-refractivity contribution < 1.29 is 18.0 Å². The van der Waals surface area contributed by atoms with Crippen LogP contribution in [0.1, 0.15) is 27.7 Å². The van der Waals surface area contributed by atoms with E-state index in [1.807, 2.05) is 13.8 Å². The lowest BCUT2D eigenvalue weighted by Gasteiger charge is -2.24. The number of rotatable bonds is 7. The summed E-state index contributed by atoms with van der Waals surface area (Å²) < 4.78 is 22.5. The van der Waals surface area contributed by atoms with Gasteiger partial charge in [0, 0.05) is 5.69 Å². The summed E-state index contributed by atoms with van der Waals surface area (Å²) in [4.78, 5) is 24.5. The summed E-state index contributed by atoms with van der Waals surface area (Å²) in [5, 5.41) is 10.3. The minimum absolute atomic E-state index is 0.0536. The molecule has 0 fully saturated rings. The molecule has 1 rings (SSSR count). The van der Waals surface area contributed by atoms with Crippen LogP contribution in [0.4, 0.5) is 5.69 Å². The number of sulfonamides is 1. The first-order valence-corrected chi connectivity index (χ1v) is 9.47. The largest absolute Gasteiger partial charge is 0.343 e. The first-order valence-electron chi connectivity index (χ1n) is 7.93. The summed E-state index contributed by atoms with van der Waals surface area (Å²) in [5.74, 6) is -1.02. The predicted octanol–water partition coefficient (Wildman–Crippen LogP) is 0.397. The smallest absolute Gasteiger partial charge is 0.247 e. The average Bonchev–Trinajstić information content (AvgIpc) is 2.50. The zero-order valence-corrected chi connectivity index (χ0v) is 15.6. The fraction of sp³-hybridized carbons (Fsp3) is 0.500. The van der Waals surface area contributed by atoms with Crippen molar-refractivity contribution >= 4 is 27.5 Å². The number of carbonyl (C=O) groups excluding carboxylic acids is 2. The van der Waals surface area contributed by atoms with Gasteiger partial charge in [-0.3, -0.25) is 9.59 Å². The summed E-state index contributed by atoms with van der Waals surface area (Å²) in [6, 6.07) is 3.97. The molecule has 2 atom stereocenters. The van der Waals surface area contributed by atoms with E-state index in [1.54, 1.807) is 13.8 Å². The van der Waals surface area contributed by atoms with E-state index in [1.165, 1.54) is 24.3 Å². The molecule has 0 saturated carbocycles. The molecule has 8 nitrogen and oxygen atoms in total. The summed E-state index contributed by atoms with van der Waals surface area (Å²) in [5.41, 5.74) is 6.20. The number of hydrogen-bond donors (Lipinski definition) is 4. The molecule has 0 saturated heterocycles. The quantitative estimate of drug-likeness (QED) is 0.549. The number of nitrogens with two attached hydrogens (primary N) is 2. The van der Waals surface area contributed by atoms with Gasteiger partial charge in [-0.05, 0) is 36.1 Å². The highest BCUT2D eigenvalue weighted by Crippen LogP contribution is 2.14. The standard InChI is InChI=1S/C16H26N4O4S/c1-9(2)13(17)15(21)20-14(10(3)4)16(22)19-11-5-7-12(8-6-11)25(18,23)24/h5-10,13-14H,17H2,1-4H3,(H,19,22)(H,20,21)(H2,18,23,24)/t13-,14-/m0/s1. The van der Waals surface area contributed by atoms with E-state index in [4.69, 9.17) is 10.9 Å². The van der Waals surface area contributed by atoms with Crippen molar-refractivity contribution in [2.75, 3.05) is 5.32 Å². The molecule has 0 aromatic heterocycles. The third kappa shape index (κ3) is 6.11. The first-order chi connectivity index (χ1) is 11.4. The van der Waals surface area contributed by atoms with Gasteiger partial charge in [-0.1, -0.05) is 27.7 Å². The topological polar surface area (TPSA) is 144 Å². The van der Waals surface area contributed by atoms with Crippen LogP contribution in [0.5, 0.6) is 0 Å². The van der Waals surface area contributed by atoms with Crippen LogP contribution >= 0.6 is 0 Å². The van der Waals surface area contributed by atoms with E-state index in [2.05, 4.69) is 10.6 Å². The molecule has 140 valence electrons. The zero-order chi connectivity index (χ0) is 19.4. The lowest BCUT2D eigenvalue weighted by atomic mass is 10.0. The molecule has 0 aliphatic heterocycles. The van der Waals surface area contributed by atoms with Crippen LogP contribution in [-0.4, -0.2) is 32.3 Å². The summed E-state index contributed by atoms with van der Waals surface area (Å²) >= 11 is 0. The Morgan fingerprint density at radius 2 is 1.48 bits per heavy atom. The second kappa shape index (κ2) is 8.41. The molecule has 0 aliphatic carbocycles. The summed E-state index contributed by atoms with van der Waals surface area (Å²) in [6.45, 7) is 7.24. The van der Waals surface area contributed by atoms with Gasteiger partial charge < -0.3 is 16.4 Å². The number of primary sulfonamides is 1. The number of anilines is 1. The second-order valence-corrected chi connectivity index (χ2v) is 8.12. The van der Waals surface area contributed by atoms with Gasteiger partial charge >= 0.3 is 0 Å². The fourth-order valence-corrected chi connectivity index (χ4v) is 2.55. The molecule has 6 N–H and O–H groups in total. The number of carbonyl (C=O) groups is 2. The SMILES string of the molecule is CC(C)[C@H](N)C(=O)N[C@H](C(=O)Nc1ccc(S(N)(=O)=O)cc1)C(C)C. The van der Waals surface area contributed by atoms with Crippen LogP contribution in [0.15, 0.2) is 29.2 Å². The highest BCUT2D eigenvalue weighted by Gasteiger charge is 2.27. The molecule has 2 amide bonds. The maximum Gasteiger partial charge on any atom is 0.247 e. The monoisotopic (exact) mass is 370 g/mol. The Kier molecular flexibility index (Phi) is 7.09. The molecule has 0 radical (unpaired) electrons. The predicted molar refractivity (Wildman–Crippen MR) is 96.0 cm³/mol. The lowest BCUT2D eigenvalue weighted by Crippen LogP contribution is -2.53. The van der Waals surface area contributed by atoms with E-state index in [9.17, 15) is 18.0 Å². The van der Waals surface area contributed by atoms with Crippen molar-refractivity contribution in [1.29, 1.82) is 0 Å². The van der Waals surface area contributed by atoms with E-state index in [0.717, 1.165) is 0 Å². The third-order valence-electron chi connectivity index (χ3n) is 3.72. The van der Waals surface area contributed by atoms with Crippen LogP contribution in [-0.2, 0) is 19.6 Å². The lowest BCUT2D eigenvalue weighted by molar-refractivity contribution is -0.128. The van der Waals surface area contributed by atoms with Crippen LogP contribution in [0.3, 0.4) is 0 Å². The van der Waals surface area contributed by atoms with Crippen molar-refractivity contribution in [2.45, 2.75) is 44.7 Å². The van der Waals surface area contributed by atoms with E-state index >= 15 is 0 Å². The van der Waals surface area contributed by atoms with Crippen LogP contribution < -0.4 is 21.5 Å². The van der Waals surface area contributed by atoms with Crippen molar-refractivity contribution in [3.05, 3.63) is 24.3 Å². The zero-order valence-electron chi connectivity index (χ0n) is 14.8. The van der Waals surface area contributed by atoms with Gasteiger partial charge in [-0.15, -0.1) is 0 Å². The molecule has 0 bridgehead atoms. The second-order valence-electron chi connectivity index (χ2n) is 6.56. The Balaban J connectivity index is 2.85. The van der Waals surface area contributed by atoms with Gasteiger partial charge in [0.05, 0.1) is 10.9 Å². The van der Waals surface area contributed by atoms with Crippen LogP contribution in [0.2, 0.25) is 0 Å². The Morgan fingerprint density at radius 1 is 0.960 bits per heavy atom. The third-order valence-corrected chi connectivity index (χ3v) is 4.65. The first kappa shape index (κ1) is 21.1. The Morgan fingerprint density at radius 3 is 1.88 bits per heavy atom. The van der Waals surface area contributed by atoms with Crippen LogP contribution in [0, 0.1) is 11.8 Å². The number of nitrogens with one attached hydrogen (secondary N) is 2. The molecule has 1 aromatic rings. The number of benzene rings is 1. The molecule has 25 heavy (non-hydrogen) atoms. The van der Waals surface area contributed by atoms with Gasteiger partial charge in [0.2, 0.25) is 21.8 Å². The van der Waals surface area contributed by atoms with E-state index in [-0.39, 0.29) is 16.7 Å². The van der Waals surface area contributed by atoms with E-state index in [0.29, 0.717) is 5.69 Å². The van der Waals surface area contributed by atoms with Gasteiger partial charge in [0.15, 0.2) is 0 Å². The normalized spacial score (nSPS) is 14.2. The van der Waals surface area contributed by atoms with Crippen molar-refractivity contribution in [3.8, 4) is 0 Å². The van der Waals surface area contributed by atoms with E-state index < -0.39 is 33.9 Å². The Hall–Kier alpha value is -1.97.